The molecule has 0 saturated heterocycles. The fourth-order valence-electron chi connectivity index (χ4n) is 3.09. The van der Waals surface area contributed by atoms with Crippen molar-refractivity contribution in [2.75, 3.05) is 13.2 Å². The van der Waals surface area contributed by atoms with Gasteiger partial charge in [0, 0.05) is 11.3 Å². The third-order valence-corrected chi connectivity index (χ3v) is 5.82. The summed E-state index contributed by atoms with van der Waals surface area (Å²) in [7, 11) is 0. The molecule has 0 heterocycles. The molecule has 0 aliphatic rings. The van der Waals surface area contributed by atoms with E-state index in [4.69, 9.17) is 14.7 Å². The zero-order valence-electron chi connectivity index (χ0n) is 17.5. The summed E-state index contributed by atoms with van der Waals surface area (Å²) < 4.78 is 11.1. The molecule has 1 unspecified atom stereocenters. The van der Waals surface area contributed by atoms with Crippen molar-refractivity contribution in [3.8, 4) is 11.8 Å². The average Bonchev–Trinajstić information content (AvgIpc) is 2.81. The standard InChI is InChI=1S/C26H25NO3S/c1-2-29-26(28)25(31-24-9-4-3-5-10-24)18-21-11-13-23(14-12-21)30-16-15-20-7-6-8-22(17-20)19-27/h3-14,17,25H,2,15-16,18H2,1H3. The van der Waals surface area contributed by atoms with Gasteiger partial charge in [-0.1, -0.05) is 42.5 Å². The Morgan fingerprint density at radius 1 is 1.00 bits per heavy atom. The van der Waals surface area contributed by atoms with E-state index in [1.165, 1.54) is 11.8 Å². The van der Waals surface area contributed by atoms with E-state index >= 15 is 0 Å². The summed E-state index contributed by atoms with van der Waals surface area (Å²) in [6.45, 7) is 2.73. The predicted octanol–water partition coefficient (Wildman–Crippen LogP) is 5.45. The number of thioether (sulfide) groups is 1. The molecule has 0 fully saturated rings. The molecule has 0 bridgehead atoms. The third-order valence-electron chi connectivity index (χ3n) is 4.63. The summed E-state index contributed by atoms with van der Waals surface area (Å²) in [5, 5.41) is 8.68. The van der Waals surface area contributed by atoms with E-state index in [9.17, 15) is 4.79 Å². The van der Waals surface area contributed by atoms with E-state index in [1.54, 1.807) is 6.07 Å². The number of hydrogen-bond donors (Lipinski definition) is 0. The van der Waals surface area contributed by atoms with Crippen LogP contribution in [0.15, 0.2) is 83.8 Å². The number of ether oxygens (including phenoxy) is 2. The highest BCUT2D eigenvalue weighted by atomic mass is 32.2. The van der Waals surface area contributed by atoms with Crippen LogP contribution in [0.4, 0.5) is 0 Å². The van der Waals surface area contributed by atoms with Gasteiger partial charge in [-0.3, -0.25) is 4.79 Å². The topological polar surface area (TPSA) is 59.3 Å². The zero-order chi connectivity index (χ0) is 21.9. The molecule has 3 rings (SSSR count). The average molecular weight is 432 g/mol. The van der Waals surface area contributed by atoms with Gasteiger partial charge in [-0.2, -0.15) is 5.26 Å². The highest BCUT2D eigenvalue weighted by molar-refractivity contribution is 8.00. The highest BCUT2D eigenvalue weighted by Crippen LogP contribution is 2.27. The minimum atomic E-state index is -0.304. The number of benzene rings is 3. The Bertz CT molecular complexity index is 1010. The molecular formula is C26H25NO3S. The minimum Gasteiger partial charge on any atom is -0.493 e. The quantitative estimate of drug-likeness (QED) is 0.316. The van der Waals surface area contributed by atoms with Crippen LogP contribution in [-0.2, 0) is 22.4 Å². The van der Waals surface area contributed by atoms with Gasteiger partial charge in [-0.25, -0.2) is 0 Å². The van der Waals surface area contributed by atoms with Gasteiger partial charge in [0.25, 0.3) is 0 Å². The van der Waals surface area contributed by atoms with Crippen molar-refractivity contribution in [3.05, 3.63) is 95.6 Å². The van der Waals surface area contributed by atoms with E-state index in [0.717, 1.165) is 28.2 Å². The molecule has 5 heteroatoms. The van der Waals surface area contributed by atoms with Gasteiger partial charge in [0.2, 0.25) is 0 Å². The number of esters is 1. The van der Waals surface area contributed by atoms with Crippen molar-refractivity contribution in [2.45, 2.75) is 29.9 Å². The van der Waals surface area contributed by atoms with Crippen LogP contribution in [0, 0.1) is 11.3 Å². The molecular weight excluding hydrogens is 406 g/mol. The largest absolute Gasteiger partial charge is 0.493 e. The Kier molecular flexibility index (Phi) is 8.57. The van der Waals surface area contributed by atoms with E-state index < -0.39 is 0 Å². The van der Waals surface area contributed by atoms with E-state index in [2.05, 4.69) is 6.07 Å². The molecule has 0 N–H and O–H groups in total. The van der Waals surface area contributed by atoms with Crippen LogP contribution in [0.5, 0.6) is 5.75 Å². The summed E-state index contributed by atoms with van der Waals surface area (Å²) in [4.78, 5) is 13.5. The lowest BCUT2D eigenvalue weighted by Crippen LogP contribution is -2.22. The van der Waals surface area contributed by atoms with Crippen LogP contribution in [0.25, 0.3) is 0 Å². The number of nitrogens with zero attached hydrogens (tertiary/aromatic N) is 1. The molecule has 3 aromatic carbocycles. The van der Waals surface area contributed by atoms with E-state index in [1.807, 2.05) is 79.7 Å². The van der Waals surface area contributed by atoms with Gasteiger partial charge in [-0.15, -0.1) is 11.8 Å². The van der Waals surface area contributed by atoms with Crippen molar-refractivity contribution < 1.29 is 14.3 Å². The molecule has 0 aliphatic carbocycles. The van der Waals surface area contributed by atoms with Crippen molar-refractivity contribution in [1.82, 2.24) is 0 Å². The van der Waals surface area contributed by atoms with E-state index in [0.29, 0.717) is 25.2 Å². The number of carbonyl (C=O) groups excluding carboxylic acids is 1. The molecule has 1 atom stereocenters. The summed E-state index contributed by atoms with van der Waals surface area (Å²) in [6.07, 6.45) is 1.32. The maximum atomic E-state index is 12.5. The first-order chi connectivity index (χ1) is 15.2. The summed E-state index contributed by atoms with van der Waals surface area (Å²) in [6, 6.07) is 27.4. The Morgan fingerprint density at radius 3 is 2.48 bits per heavy atom. The smallest absolute Gasteiger partial charge is 0.319 e. The van der Waals surface area contributed by atoms with Crippen molar-refractivity contribution in [1.29, 1.82) is 5.26 Å². The number of rotatable bonds is 10. The highest BCUT2D eigenvalue weighted by Gasteiger charge is 2.21. The van der Waals surface area contributed by atoms with Crippen LogP contribution in [0.3, 0.4) is 0 Å². The minimum absolute atomic E-state index is 0.198. The van der Waals surface area contributed by atoms with Crippen LogP contribution in [0.2, 0.25) is 0 Å². The van der Waals surface area contributed by atoms with Crippen molar-refractivity contribution in [3.63, 3.8) is 0 Å². The van der Waals surface area contributed by atoms with Crippen molar-refractivity contribution in [2.24, 2.45) is 0 Å². The van der Waals surface area contributed by atoms with E-state index in [-0.39, 0.29) is 11.2 Å². The van der Waals surface area contributed by atoms with Gasteiger partial charge < -0.3 is 9.47 Å². The zero-order valence-corrected chi connectivity index (χ0v) is 18.3. The first-order valence-corrected chi connectivity index (χ1v) is 11.1. The molecule has 4 nitrogen and oxygen atoms in total. The molecule has 31 heavy (non-hydrogen) atoms. The lowest BCUT2D eigenvalue weighted by atomic mass is 10.1. The summed E-state index contributed by atoms with van der Waals surface area (Å²) in [5.41, 5.74) is 2.79. The fourth-order valence-corrected chi connectivity index (χ4v) is 4.17. The lowest BCUT2D eigenvalue weighted by molar-refractivity contribution is -0.142. The SMILES string of the molecule is CCOC(=O)C(Cc1ccc(OCCc2cccc(C#N)c2)cc1)Sc1ccccc1. The normalized spacial score (nSPS) is 11.4. The fraction of sp³-hybridized carbons (Fsp3) is 0.231. The van der Waals surface area contributed by atoms with Crippen molar-refractivity contribution >= 4 is 17.7 Å². The van der Waals surface area contributed by atoms with Gasteiger partial charge in [0.05, 0.1) is 24.8 Å². The molecule has 0 radical (unpaired) electrons. The van der Waals surface area contributed by atoms with Crippen LogP contribution in [-0.4, -0.2) is 24.4 Å². The van der Waals surface area contributed by atoms with Gasteiger partial charge in [0.15, 0.2) is 0 Å². The number of carbonyl (C=O) groups is 1. The van der Waals surface area contributed by atoms with Crippen LogP contribution >= 0.6 is 11.8 Å². The maximum absolute atomic E-state index is 12.5. The predicted molar refractivity (Wildman–Crippen MR) is 123 cm³/mol. The molecule has 0 spiro atoms. The molecule has 158 valence electrons. The molecule has 0 amide bonds. The number of nitriles is 1. The second-order valence-corrected chi connectivity index (χ2v) is 8.21. The monoisotopic (exact) mass is 431 g/mol. The molecule has 3 aromatic rings. The van der Waals surface area contributed by atoms with Gasteiger partial charge >= 0.3 is 5.97 Å². The Labute approximate surface area is 187 Å². The van der Waals surface area contributed by atoms with Crippen LogP contribution in [0.1, 0.15) is 23.6 Å². The lowest BCUT2D eigenvalue weighted by Gasteiger charge is -2.16. The Morgan fingerprint density at radius 2 is 1.77 bits per heavy atom. The van der Waals surface area contributed by atoms with Gasteiger partial charge in [0.1, 0.15) is 11.0 Å². The number of hydrogen-bond acceptors (Lipinski definition) is 5. The van der Waals surface area contributed by atoms with Gasteiger partial charge in [-0.05, 0) is 60.9 Å². The Balaban J connectivity index is 1.56. The maximum Gasteiger partial charge on any atom is 0.319 e. The second kappa shape index (κ2) is 11.8. The molecule has 0 aliphatic heterocycles. The molecule has 0 saturated carbocycles. The second-order valence-electron chi connectivity index (χ2n) is 6.93. The third kappa shape index (κ3) is 7.20. The Hall–Kier alpha value is -3.23. The first kappa shape index (κ1) is 22.5. The molecule has 0 aromatic heterocycles. The summed E-state index contributed by atoms with van der Waals surface area (Å²) >= 11 is 1.52. The first-order valence-electron chi connectivity index (χ1n) is 10.3. The van der Waals surface area contributed by atoms with Crippen LogP contribution < -0.4 is 4.74 Å². The summed E-state index contributed by atoms with van der Waals surface area (Å²) in [5.74, 6) is 0.583.